The summed E-state index contributed by atoms with van der Waals surface area (Å²) in [7, 11) is 0. The smallest absolute Gasteiger partial charge is 0.203 e. The molecule has 16 heavy (non-hydrogen) atoms. The number of hydrogen-bond acceptors (Lipinski definition) is 4. The minimum atomic E-state index is -0.463. The van der Waals surface area contributed by atoms with E-state index in [1.165, 1.54) is 0 Å². The third-order valence-electron chi connectivity index (χ3n) is 2.41. The molecule has 0 fully saturated rings. The van der Waals surface area contributed by atoms with Crippen LogP contribution in [0.25, 0.3) is 0 Å². The summed E-state index contributed by atoms with van der Waals surface area (Å²) in [6.07, 6.45) is 0.156. The molecule has 1 aliphatic heterocycles. The minimum absolute atomic E-state index is 0.0196. The molecule has 0 aromatic heterocycles. The van der Waals surface area contributed by atoms with Gasteiger partial charge in [0.05, 0.1) is 5.56 Å². The molecule has 1 aromatic rings. The quantitative estimate of drug-likeness (QED) is 0.776. The average Bonchev–Trinajstić information content (AvgIpc) is 2.68. The van der Waals surface area contributed by atoms with Crippen LogP contribution in [0.15, 0.2) is 18.2 Å². The van der Waals surface area contributed by atoms with Crippen molar-refractivity contribution in [1.29, 1.82) is 5.26 Å². The molecule has 1 unspecified atom stereocenters. The number of fused-ring (bicyclic) bond motifs is 1. The lowest BCUT2D eigenvalue weighted by atomic mass is 10.1. The van der Waals surface area contributed by atoms with E-state index in [0.717, 1.165) is 0 Å². The van der Waals surface area contributed by atoms with E-state index in [2.05, 4.69) is 0 Å². The van der Waals surface area contributed by atoms with Crippen molar-refractivity contribution >= 4 is 5.78 Å². The van der Waals surface area contributed by atoms with Gasteiger partial charge in [-0.3, -0.25) is 4.79 Å². The van der Waals surface area contributed by atoms with Crippen LogP contribution in [0.5, 0.6) is 11.5 Å². The highest BCUT2D eigenvalue weighted by Gasteiger charge is 2.21. The number of Topliss-reactive ketones (excluding diaryl/α,β-unsaturated/α-hetero) is 1. The molecule has 2 rings (SSSR count). The van der Waals surface area contributed by atoms with E-state index < -0.39 is 6.10 Å². The zero-order chi connectivity index (χ0) is 11.5. The van der Waals surface area contributed by atoms with Crippen molar-refractivity contribution in [2.24, 2.45) is 0 Å². The van der Waals surface area contributed by atoms with Gasteiger partial charge in [-0.25, -0.2) is 0 Å². The van der Waals surface area contributed by atoms with E-state index >= 15 is 0 Å². The van der Waals surface area contributed by atoms with Crippen molar-refractivity contribution in [3.8, 4) is 17.6 Å². The van der Waals surface area contributed by atoms with E-state index in [4.69, 9.17) is 14.7 Å². The van der Waals surface area contributed by atoms with Gasteiger partial charge in [0.2, 0.25) is 5.78 Å². The van der Waals surface area contributed by atoms with Gasteiger partial charge >= 0.3 is 0 Å². The van der Waals surface area contributed by atoms with Crippen LogP contribution in [-0.2, 0) is 0 Å². The van der Waals surface area contributed by atoms with Crippen LogP contribution in [0.4, 0.5) is 0 Å². The highest BCUT2D eigenvalue weighted by molar-refractivity contribution is 6.02. The van der Waals surface area contributed by atoms with Gasteiger partial charge in [-0.1, -0.05) is 6.92 Å². The van der Waals surface area contributed by atoms with Crippen molar-refractivity contribution in [2.75, 3.05) is 6.61 Å². The van der Waals surface area contributed by atoms with Gasteiger partial charge < -0.3 is 9.47 Å². The van der Waals surface area contributed by atoms with E-state index in [9.17, 15) is 4.79 Å². The Kier molecular flexibility index (Phi) is 2.78. The Morgan fingerprint density at radius 2 is 2.44 bits per heavy atom. The number of ether oxygens (including phenoxy) is 2. The lowest BCUT2D eigenvalue weighted by Gasteiger charge is -2.10. The molecule has 1 aliphatic rings. The summed E-state index contributed by atoms with van der Waals surface area (Å²) in [5, 5.41) is 8.76. The topological polar surface area (TPSA) is 59.3 Å². The summed E-state index contributed by atoms with van der Waals surface area (Å²) in [6, 6.07) is 7.06. The number of nitriles is 1. The highest BCUT2D eigenvalue weighted by Crippen LogP contribution is 2.29. The fourth-order valence-electron chi connectivity index (χ4n) is 1.51. The second-order valence-electron chi connectivity index (χ2n) is 3.51. The SMILES string of the molecule is CCC(C#N)Oc1ccc2c(c1)OCC2=O. The van der Waals surface area contributed by atoms with Gasteiger partial charge in [0.25, 0.3) is 0 Å². The number of ketones is 1. The summed E-state index contributed by atoms with van der Waals surface area (Å²) >= 11 is 0. The second kappa shape index (κ2) is 4.23. The van der Waals surface area contributed by atoms with Crippen LogP contribution in [0, 0.1) is 11.3 Å². The maximum atomic E-state index is 11.3. The van der Waals surface area contributed by atoms with Gasteiger partial charge in [0.15, 0.2) is 12.7 Å². The molecule has 1 aromatic carbocycles. The standard InChI is InChI=1S/C12H11NO3/c1-2-8(6-13)16-9-3-4-10-11(14)7-15-12(10)5-9/h3-5,8H,2,7H2,1H3. The summed E-state index contributed by atoms with van der Waals surface area (Å²) in [5.41, 5.74) is 0.581. The van der Waals surface area contributed by atoms with Crippen LogP contribution >= 0.6 is 0 Å². The van der Waals surface area contributed by atoms with E-state index in [1.807, 2.05) is 13.0 Å². The van der Waals surface area contributed by atoms with Crippen LogP contribution in [-0.4, -0.2) is 18.5 Å². The first-order valence-corrected chi connectivity index (χ1v) is 5.11. The molecule has 0 saturated heterocycles. The summed E-state index contributed by atoms with van der Waals surface area (Å²) in [6.45, 7) is 1.97. The van der Waals surface area contributed by atoms with Crippen molar-refractivity contribution in [3.63, 3.8) is 0 Å². The molecule has 0 aliphatic carbocycles. The minimum Gasteiger partial charge on any atom is -0.485 e. The van der Waals surface area contributed by atoms with Gasteiger partial charge in [0, 0.05) is 6.07 Å². The summed E-state index contributed by atoms with van der Waals surface area (Å²) in [4.78, 5) is 11.3. The molecule has 4 nitrogen and oxygen atoms in total. The predicted octanol–water partition coefficient (Wildman–Crippen LogP) is 1.94. The van der Waals surface area contributed by atoms with Crippen molar-refractivity contribution < 1.29 is 14.3 Å². The van der Waals surface area contributed by atoms with Gasteiger partial charge in [-0.15, -0.1) is 0 Å². The predicted molar refractivity (Wildman–Crippen MR) is 56.6 cm³/mol. The first-order valence-electron chi connectivity index (χ1n) is 5.11. The van der Waals surface area contributed by atoms with Crippen LogP contribution in [0.3, 0.4) is 0 Å². The monoisotopic (exact) mass is 217 g/mol. The summed E-state index contributed by atoms with van der Waals surface area (Å²) < 4.78 is 10.6. The van der Waals surface area contributed by atoms with Crippen molar-refractivity contribution in [1.82, 2.24) is 0 Å². The first kappa shape index (κ1) is 10.5. The number of benzene rings is 1. The van der Waals surface area contributed by atoms with E-state index in [1.54, 1.807) is 18.2 Å². The molecule has 0 spiro atoms. The van der Waals surface area contributed by atoms with Gasteiger partial charge in [-0.05, 0) is 18.6 Å². The molecule has 1 atom stereocenters. The lowest BCUT2D eigenvalue weighted by molar-refractivity contribution is 0.0961. The van der Waals surface area contributed by atoms with Gasteiger partial charge in [-0.2, -0.15) is 5.26 Å². The maximum absolute atomic E-state index is 11.3. The average molecular weight is 217 g/mol. The lowest BCUT2D eigenvalue weighted by Crippen LogP contribution is -2.12. The molecule has 0 bridgehead atoms. The Labute approximate surface area is 93.4 Å². The fraction of sp³-hybridized carbons (Fsp3) is 0.333. The molecular weight excluding hydrogens is 206 g/mol. The fourth-order valence-corrected chi connectivity index (χ4v) is 1.51. The Hall–Kier alpha value is -2.02. The largest absolute Gasteiger partial charge is 0.485 e. The summed E-state index contributed by atoms with van der Waals surface area (Å²) in [5.74, 6) is 1.08. The van der Waals surface area contributed by atoms with Gasteiger partial charge in [0.1, 0.15) is 17.6 Å². The molecule has 0 saturated carbocycles. The number of hydrogen-bond donors (Lipinski definition) is 0. The molecule has 0 amide bonds. The molecule has 1 heterocycles. The number of carbonyl (C=O) groups is 1. The van der Waals surface area contributed by atoms with Crippen LogP contribution in [0.1, 0.15) is 23.7 Å². The third-order valence-corrected chi connectivity index (χ3v) is 2.41. The molecule has 82 valence electrons. The Bertz CT molecular complexity index is 462. The molecule has 4 heteroatoms. The second-order valence-corrected chi connectivity index (χ2v) is 3.51. The Balaban J connectivity index is 2.20. The third kappa shape index (κ3) is 1.84. The van der Waals surface area contributed by atoms with Crippen molar-refractivity contribution in [2.45, 2.75) is 19.4 Å². The zero-order valence-electron chi connectivity index (χ0n) is 8.90. The molecule has 0 radical (unpaired) electrons. The number of rotatable bonds is 3. The Morgan fingerprint density at radius 1 is 1.62 bits per heavy atom. The zero-order valence-corrected chi connectivity index (χ0v) is 8.90. The van der Waals surface area contributed by atoms with E-state index in [0.29, 0.717) is 23.5 Å². The van der Waals surface area contributed by atoms with Crippen LogP contribution in [0.2, 0.25) is 0 Å². The first-order chi connectivity index (χ1) is 7.74. The molecule has 0 N–H and O–H groups in total. The Morgan fingerprint density at radius 3 is 3.12 bits per heavy atom. The maximum Gasteiger partial charge on any atom is 0.203 e. The normalized spacial score (nSPS) is 14.9. The van der Waals surface area contributed by atoms with Crippen molar-refractivity contribution in [3.05, 3.63) is 23.8 Å². The van der Waals surface area contributed by atoms with Crippen LogP contribution < -0.4 is 9.47 Å². The molecular formula is C12H11NO3. The number of carbonyl (C=O) groups excluding carboxylic acids is 1. The highest BCUT2D eigenvalue weighted by atomic mass is 16.5. The number of nitrogens with zero attached hydrogens (tertiary/aromatic N) is 1. The van der Waals surface area contributed by atoms with E-state index in [-0.39, 0.29) is 12.4 Å².